The number of nitrogens with one attached hydrogen (secondary N) is 1. The van der Waals surface area contributed by atoms with Crippen molar-refractivity contribution in [2.75, 3.05) is 32.8 Å². The van der Waals surface area contributed by atoms with E-state index in [9.17, 15) is 0 Å². The second kappa shape index (κ2) is 10.9. The molecule has 3 N–H and O–H groups in total. The lowest BCUT2D eigenvalue weighted by Gasteiger charge is -2.27. The molecule has 6 heteroatoms. The molecule has 0 aromatic rings. The number of nitrogens with zero attached hydrogens (tertiary/aromatic N) is 1. The van der Waals surface area contributed by atoms with Gasteiger partial charge in [0.15, 0.2) is 0 Å². The van der Waals surface area contributed by atoms with E-state index in [4.69, 9.17) is 10.6 Å². The molecule has 2 heterocycles. The number of hydrogen-bond acceptors (Lipinski definition) is 4. The highest BCUT2D eigenvalue weighted by Crippen LogP contribution is 1.98. The number of halogens is 2. The lowest BCUT2D eigenvalue weighted by molar-refractivity contribution is 0.198. The van der Waals surface area contributed by atoms with Gasteiger partial charge in [-0.1, -0.05) is 0 Å². The number of ether oxygens (including phenoxy) is 1. The summed E-state index contributed by atoms with van der Waals surface area (Å²) in [4.78, 5) is 0. The average molecular weight is 260 g/mol. The lowest BCUT2D eigenvalue weighted by Crippen LogP contribution is -2.51. The van der Waals surface area contributed by atoms with Crippen LogP contribution in [0.1, 0.15) is 19.8 Å². The molecular formula is C9H23Cl2N3O. The minimum atomic E-state index is 0. The summed E-state index contributed by atoms with van der Waals surface area (Å²) in [5.41, 5.74) is 0. The first-order valence-electron chi connectivity index (χ1n) is 5.10. The Labute approximate surface area is 105 Å². The average Bonchev–Trinajstić information content (AvgIpc) is 2.59. The number of hydrogen-bond donors (Lipinski definition) is 2. The topological polar surface area (TPSA) is 50.5 Å². The molecule has 94 valence electrons. The van der Waals surface area contributed by atoms with Crippen LogP contribution in [0.25, 0.3) is 0 Å². The van der Waals surface area contributed by atoms with Crippen molar-refractivity contribution >= 4 is 24.8 Å². The van der Waals surface area contributed by atoms with Gasteiger partial charge < -0.3 is 10.1 Å². The predicted octanol–water partition coefficient (Wildman–Crippen LogP) is 0.794. The molecule has 0 aromatic heterocycles. The van der Waals surface area contributed by atoms with Crippen LogP contribution in [-0.2, 0) is 4.74 Å². The standard InChI is InChI=1S/C5H13N3.C4H8O.2ClH/c1-5-4-8(6)3-2-7-5;1-2-4-5-3-1;;/h5,7H,2-4,6H2,1H3;1-4H2;2*1H/t5-;;;/m1.../s1. The predicted molar refractivity (Wildman–Crippen MR) is 67.8 cm³/mol. The molecule has 2 fully saturated rings. The van der Waals surface area contributed by atoms with Crippen LogP contribution in [-0.4, -0.2) is 43.9 Å². The quantitative estimate of drug-likeness (QED) is 0.632. The third-order valence-electron chi connectivity index (χ3n) is 2.23. The first-order valence-corrected chi connectivity index (χ1v) is 5.10. The van der Waals surface area contributed by atoms with Crippen molar-refractivity contribution < 1.29 is 4.74 Å². The molecule has 0 unspecified atom stereocenters. The normalized spacial score (nSPS) is 25.6. The Morgan fingerprint density at radius 2 is 1.87 bits per heavy atom. The van der Waals surface area contributed by atoms with Gasteiger partial charge >= 0.3 is 0 Å². The van der Waals surface area contributed by atoms with Gasteiger partial charge in [-0.05, 0) is 19.8 Å². The Bertz CT molecular complexity index is 121. The Hall–Kier alpha value is 0.420. The molecule has 0 aromatic carbocycles. The molecule has 0 aliphatic carbocycles. The van der Waals surface area contributed by atoms with Gasteiger partial charge in [-0.15, -0.1) is 24.8 Å². The zero-order valence-electron chi connectivity index (χ0n) is 9.28. The molecule has 2 saturated heterocycles. The second-order valence-corrected chi connectivity index (χ2v) is 3.67. The summed E-state index contributed by atoms with van der Waals surface area (Å²) in [6.07, 6.45) is 2.56. The van der Waals surface area contributed by atoms with E-state index in [0.29, 0.717) is 6.04 Å². The minimum absolute atomic E-state index is 0. The van der Waals surface area contributed by atoms with Crippen molar-refractivity contribution in [3.05, 3.63) is 0 Å². The van der Waals surface area contributed by atoms with E-state index in [1.54, 1.807) is 0 Å². The molecular weight excluding hydrogens is 237 g/mol. The molecule has 4 nitrogen and oxygen atoms in total. The highest BCUT2D eigenvalue weighted by molar-refractivity contribution is 5.85. The van der Waals surface area contributed by atoms with E-state index in [0.717, 1.165) is 32.8 Å². The Morgan fingerprint density at radius 3 is 2.13 bits per heavy atom. The molecule has 0 radical (unpaired) electrons. The maximum absolute atomic E-state index is 5.52. The molecule has 2 aliphatic rings. The highest BCUT2D eigenvalue weighted by Gasteiger charge is 2.10. The number of rotatable bonds is 0. The minimum Gasteiger partial charge on any atom is -0.381 e. The fraction of sp³-hybridized carbons (Fsp3) is 1.00. The maximum atomic E-state index is 5.52. The third kappa shape index (κ3) is 9.35. The van der Waals surface area contributed by atoms with E-state index in [-0.39, 0.29) is 24.8 Å². The van der Waals surface area contributed by atoms with E-state index in [1.807, 2.05) is 5.01 Å². The van der Waals surface area contributed by atoms with Crippen LogP contribution in [0.5, 0.6) is 0 Å². The van der Waals surface area contributed by atoms with Gasteiger partial charge in [-0.25, -0.2) is 5.01 Å². The van der Waals surface area contributed by atoms with E-state index < -0.39 is 0 Å². The van der Waals surface area contributed by atoms with Crippen molar-refractivity contribution in [1.29, 1.82) is 0 Å². The third-order valence-corrected chi connectivity index (χ3v) is 2.23. The van der Waals surface area contributed by atoms with Crippen molar-refractivity contribution in [2.24, 2.45) is 5.84 Å². The SMILES string of the molecule is C1CCOC1.C[C@@H]1CN(N)CCN1.Cl.Cl. The summed E-state index contributed by atoms with van der Waals surface area (Å²) in [5.74, 6) is 5.52. The zero-order valence-corrected chi connectivity index (χ0v) is 10.9. The molecule has 2 rings (SSSR count). The summed E-state index contributed by atoms with van der Waals surface area (Å²) >= 11 is 0. The maximum Gasteiger partial charge on any atom is 0.0466 e. The molecule has 0 amide bonds. The Balaban J connectivity index is 0. The van der Waals surface area contributed by atoms with Gasteiger partial charge in [0, 0.05) is 38.9 Å². The van der Waals surface area contributed by atoms with Crippen molar-refractivity contribution in [3.8, 4) is 0 Å². The second-order valence-electron chi connectivity index (χ2n) is 3.67. The Morgan fingerprint density at radius 1 is 1.27 bits per heavy atom. The van der Waals surface area contributed by atoms with Crippen LogP contribution in [0, 0.1) is 0 Å². The van der Waals surface area contributed by atoms with Crippen LogP contribution in [0.4, 0.5) is 0 Å². The first-order chi connectivity index (χ1) is 6.29. The van der Waals surface area contributed by atoms with Crippen LogP contribution in [0.15, 0.2) is 0 Å². The van der Waals surface area contributed by atoms with Gasteiger partial charge in [0.25, 0.3) is 0 Å². The summed E-state index contributed by atoms with van der Waals surface area (Å²) in [7, 11) is 0. The molecule has 1 atom stereocenters. The monoisotopic (exact) mass is 259 g/mol. The van der Waals surface area contributed by atoms with Crippen molar-refractivity contribution in [3.63, 3.8) is 0 Å². The molecule has 0 spiro atoms. The van der Waals surface area contributed by atoms with Crippen LogP contribution >= 0.6 is 24.8 Å². The number of nitrogens with two attached hydrogens (primary N) is 1. The van der Waals surface area contributed by atoms with Gasteiger partial charge in [0.2, 0.25) is 0 Å². The number of piperazine rings is 1. The smallest absolute Gasteiger partial charge is 0.0466 e. The van der Waals surface area contributed by atoms with E-state index >= 15 is 0 Å². The summed E-state index contributed by atoms with van der Waals surface area (Å²) in [5, 5.41) is 5.14. The van der Waals surface area contributed by atoms with Gasteiger partial charge in [-0.3, -0.25) is 5.84 Å². The number of hydrazine groups is 1. The van der Waals surface area contributed by atoms with Crippen molar-refractivity contribution in [1.82, 2.24) is 10.3 Å². The van der Waals surface area contributed by atoms with Gasteiger partial charge in [0.1, 0.15) is 0 Å². The fourth-order valence-electron chi connectivity index (χ4n) is 1.47. The lowest BCUT2D eigenvalue weighted by atomic mass is 10.3. The first kappa shape index (κ1) is 17.8. The van der Waals surface area contributed by atoms with Crippen molar-refractivity contribution in [2.45, 2.75) is 25.8 Å². The van der Waals surface area contributed by atoms with Crippen LogP contribution in [0.3, 0.4) is 0 Å². The largest absolute Gasteiger partial charge is 0.381 e. The molecule has 15 heavy (non-hydrogen) atoms. The zero-order chi connectivity index (χ0) is 9.52. The van der Waals surface area contributed by atoms with Crippen LogP contribution in [0.2, 0.25) is 0 Å². The molecule has 2 aliphatic heterocycles. The fourth-order valence-corrected chi connectivity index (χ4v) is 1.47. The van der Waals surface area contributed by atoms with Gasteiger partial charge in [0.05, 0.1) is 0 Å². The summed E-state index contributed by atoms with van der Waals surface area (Å²) < 4.78 is 4.94. The summed E-state index contributed by atoms with van der Waals surface area (Å²) in [6, 6.07) is 0.564. The van der Waals surface area contributed by atoms with Crippen LogP contribution < -0.4 is 11.2 Å². The summed E-state index contributed by atoms with van der Waals surface area (Å²) in [6.45, 7) is 7.11. The molecule has 0 saturated carbocycles. The highest BCUT2D eigenvalue weighted by atomic mass is 35.5. The van der Waals surface area contributed by atoms with Gasteiger partial charge in [-0.2, -0.15) is 0 Å². The van der Waals surface area contributed by atoms with E-state index in [1.165, 1.54) is 12.8 Å². The van der Waals surface area contributed by atoms with E-state index in [2.05, 4.69) is 12.2 Å². The molecule has 0 bridgehead atoms. The Kier molecular flexibility index (Phi) is 13.0.